The lowest BCUT2D eigenvalue weighted by molar-refractivity contribution is -0.197. The van der Waals surface area contributed by atoms with Gasteiger partial charge in [-0.2, -0.15) is 5.26 Å². The first-order chi connectivity index (χ1) is 16.1. The van der Waals surface area contributed by atoms with Crippen molar-refractivity contribution in [3.8, 4) is 6.07 Å². The van der Waals surface area contributed by atoms with Crippen LogP contribution in [0.5, 0.6) is 0 Å². The van der Waals surface area contributed by atoms with Crippen molar-refractivity contribution in [2.75, 3.05) is 18.5 Å². The van der Waals surface area contributed by atoms with Crippen LogP contribution in [0.3, 0.4) is 0 Å². The minimum absolute atomic E-state index is 0.146. The monoisotopic (exact) mass is 463 g/mol. The molecule has 0 spiro atoms. The third-order valence-electron chi connectivity index (χ3n) is 5.50. The van der Waals surface area contributed by atoms with E-state index in [-0.39, 0.29) is 5.91 Å². The summed E-state index contributed by atoms with van der Waals surface area (Å²) in [5.41, 5.74) is 3.42. The van der Waals surface area contributed by atoms with Crippen molar-refractivity contribution in [1.29, 1.82) is 5.26 Å². The van der Waals surface area contributed by atoms with Gasteiger partial charge in [0.05, 0.1) is 12.2 Å². The van der Waals surface area contributed by atoms with Crippen molar-refractivity contribution in [2.45, 2.75) is 38.6 Å². The van der Waals surface area contributed by atoms with Gasteiger partial charge >= 0.3 is 0 Å². The largest absolute Gasteiger partial charge is 0.356 e. The van der Waals surface area contributed by atoms with Gasteiger partial charge in [-0.05, 0) is 54.7 Å². The number of pyridine rings is 2. The Labute approximate surface area is 196 Å². The van der Waals surface area contributed by atoms with E-state index in [4.69, 9.17) is 4.74 Å². The van der Waals surface area contributed by atoms with Gasteiger partial charge < -0.3 is 15.2 Å². The zero-order valence-electron chi connectivity index (χ0n) is 18.1. The molecular formula is C24H25N5O3S. The fourth-order valence-electron chi connectivity index (χ4n) is 3.73. The van der Waals surface area contributed by atoms with E-state index in [2.05, 4.69) is 21.4 Å². The number of nitriles is 1. The molecule has 0 fully saturated rings. The predicted molar refractivity (Wildman–Crippen MR) is 124 cm³/mol. The van der Waals surface area contributed by atoms with Crippen molar-refractivity contribution in [1.82, 2.24) is 14.9 Å². The van der Waals surface area contributed by atoms with Crippen molar-refractivity contribution in [2.24, 2.45) is 0 Å². The fourth-order valence-corrected chi connectivity index (χ4v) is 4.97. The number of carbonyl (C=O) groups is 1. The Morgan fingerprint density at radius 3 is 2.88 bits per heavy atom. The summed E-state index contributed by atoms with van der Waals surface area (Å²) in [6.07, 6.45) is 6.28. The number of carbonyl (C=O) groups excluding carboxylic acids is 1. The molecule has 4 heterocycles. The number of hydrogen-bond donors (Lipinski definition) is 2. The smallest absolute Gasteiger partial charge is 0.225 e. The van der Waals surface area contributed by atoms with E-state index in [1.54, 1.807) is 18.6 Å². The molecular weight excluding hydrogens is 438 g/mol. The number of nitrogens with zero attached hydrogens (tertiary/aromatic N) is 4. The molecule has 4 rings (SSSR count). The number of ether oxygens (including phenoxy) is 1. The number of aromatic nitrogens is 2. The van der Waals surface area contributed by atoms with Crippen LogP contribution in [0, 0.1) is 11.3 Å². The highest BCUT2D eigenvalue weighted by Crippen LogP contribution is 2.37. The quantitative estimate of drug-likeness (QED) is 0.469. The van der Waals surface area contributed by atoms with Crippen LogP contribution < -0.4 is 5.32 Å². The standard InChI is InChI=1S/C24H25N5O3S/c25-15-20-19-8-13-29(24(31)32-14-9-17-6-11-26-12-7-17)16-21(19)33-23(20)28-22(30)5-4-18-3-1-2-10-27-18/h1-3,6-7,10-12,24,31H,4-5,8-9,13-14,16H2,(H,28,30). The Hall–Kier alpha value is -3.16. The summed E-state index contributed by atoms with van der Waals surface area (Å²) in [4.78, 5) is 23.5. The van der Waals surface area contributed by atoms with E-state index in [0.29, 0.717) is 55.9 Å². The molecule has 1 aliphatic heterocycles. The van der Waals surface area contributed by atoms with Crippen molar-refractivity contribution in [3.05, 3.63) is 76.2 Å². The zero-order valence-corrected chi connectivity index (χ0v) is 18.9. The molecule has 3 aromatic heterocycles. The molecule has 0 saturated heterocycles. The highest BCUT2D eigenvalue weighted by molar-refractivity contribution is 7.16. The second-order valence-electron chi connectivity index (χ2n) is 7.71. The second-order valence-corrected chi connectivity index (χ2v) is 8.82. The summed E-state index contributed by atoms with van der Waals surface area (Å²) in [7, 11) is 0. The molecule has 3 aromatic rings. The maximum absolute atomic E-state index is 12.5. The third kappa shape index (κ3) is 6.00. The average Bonchev–Trinajstić information content (AvgIpc) is 3.20. The van der Waals surface area contributed by atoms with Crippen LogP contribution in [0.2, 0.25) is 0 Å². The molecule has 2 N–H and O–H groups in total. The Morgan fingerprint density at radius 1 is 1.27 bits per heavy atom. The van der Waals surface area contributed by atoms with Crippen molar-refractivity contribution in [3.63, 3.8) is 0 Å². The van der Waals surface area contributed by atoms with Crippen LogP contribution in [-0.4, -0.2) is 45.4 Å². The van der Waals surface area contributed by atoms with Gasteiger partial charge in [0.1, 0.15) is 11.1 Å². The summed E-state index contributed by atoms with van der Waals surface area (Å²) in [5, 5.41) is 23.6. The van der Waals surface area contributed by atoms with Gasteiger partial charge in [-0.3, -0.25) is 14.8 Å². The highest BCUT2D eigenvalue weighted by Gasteiger charge is 2.28. The molecule has 1 unspecified atom stereocenters. The Bertz CT molecular complexity index is 1110. The number of hydrogen-bond acceptors (Lipinski definition) is 8. The lowest BCUT2D eigenvalue weighted by atomic mass is 10.0. The molecule has 1 atom stereocenters. The Kier molecular flexibility index (Phi) is 7.75. The number of fused-ring (bicyclic) bond motifs is 1. The highest BCUT2D eigenvalue weighted by atomic mass is 32.1. The van der Waals surface area contributed by atoms with E-state index in [1.807, 2.05) is 35.2 Å². The first-order valence-corrected chi connectivity index (χ1v) is 11.6. The predicted octanol–water partition coefficient (Wildman–Crippen LogP) is 2.87. The molecule has 0 aromatic carbocycles. The second kappa shape index (κ2) is 11.1. The molecule has 33 heavy (non-hydrogen) atoms. The van der Waals surface area contributed by atoms with E-state index >= 15 is 0 Å². The number of aliphatic hydroxyl groups excluding tert-OH is 1. The topological polar surface area (TPSA) is 111 Å². The number of thiophene rings is 1. The number of aryl methyl sites for hydroxylation is 1. The third-order valence-corrected chi connectivity index (χ3v) is 6.64. The molecule has 8 nitrogen and oxygen atoms in total. The van der Waals surface area contributed by atoms with Crippen LogP contribution in [0.15, 0.2) is 48.9 Å². The van der Waals surface area contributed by atoms with Gasteiger partial charge in [0.25, 0.3) is 0 Å². The number of amides is 1. The zero-order chi connectivity index (χ0) is 23.0. The van der Waals surface area contributed by atoms with Crippen LogP contribution in [0.25, 0.3) is 0 Å². The van der Waals surface area contributed by atoms with Gasteiger partial charge in [-0.1, -0.05) is 6.07 Å². The van der Waals surface area contributed by atoms with Crippen LogP contribution in [-0.2, 0) is 35.3 Å². The van der Waals surface area contributed by atoms with E-state index in [9.17, 15) is 15.2 Å². The van der Waals surface area contributed by atoms with Gasteiger partial charge in [-0.15, -0.1) is 11.3 Å². The van der Waals surface area contributed by atoms with Crippen molar-refractivity contribution >= 4 is 22.2 Å². The fraction of sp³-hybridized carbons (Fsp3) is 0.333. The SMILES string of the molecule is N#Cc1c(NC(=O)CCc2ccccn2)sc2c1CCN(C(O)OCCc1ccncc1)C2. The van der Waals surface area contributed by atoms with Gasteiger partial charge in [0, 0.05) is 48.7 Å². The molecule has 170 valence electrons. The van der Waals surface area contributed by atoms with Crippen LogP contribution in [0.4, 0.5) is 5.00 Å². The molecule has 9 heteroatoms. The molecule has 0 aliphatic carbocycles. The lowest BCUT2D eigenvalue weighted by Gasteiger charge is -2.30. The number of rotatable bonds is 9. The summed E-state index contributed by atoms with van der Waals surface area (Å²) >= 11 is 1.39. The number of nitrogens with one attached hydrogen (secondary N) is 1. The summed E-state index contributed by atoms with van der Waals surface area (Å²) in [5.74, 6) is -0.146. The molecule has 1 amide bonds. The molecule has 0 bridgehead atoms. The maximum atomic E-state index is 12.5. The van der Waals surface area contributed by atoms with Gasteiger partial charge in [0.2, 0.25) is 12.3 Å². The maximum Gasteiger partial charge on any atom is 0.225 e. The van der Waals surface area contributed by atoms with Gasteiger partial charge in [0.15, 0.2) is 0 Å². The lowest BCUT2D eigenvalue weighted by Crippen LogP contribution is -2.40. The summed E-state index contributed by atoms with van der Waals surface area (Å²) in [6.45, 7) is 1.43. The Morgan fingerprint density at radius 2 is 2.12 bits per heavy atom. The van der Waals surface area contributed by atoms with Crippen LogP contribution >= 0.6 is 11.3 Å². The van der Waals surface area contributed by atoms with Crippen LogP contribution in [0.1, 0.15) is 33.7 Å². The Balaban J connectivity index is 1.33. The average molecular weight is 464 g/mol. The molecule has 0 radical (unpaired) electrons. The van der Waals surface area contributed by atoms with E-state index in [1.165, 1.54) is 11.3 Å². The molecule has 0 saturated carbocycles. The van der Waals surface area contributed by atoms with E-state index < -0.39 is 6.41 Å². The number of anilines is 1. The number of aliphatic hydroxyl groups is 1. The van der Waals surface area contributed by atoms with Gasteiger partial charge in [-0.25, -0.2) is 4.90 Å². The summed E-state index contributed by atoms with van der Waals surface area (Å²) in [6, 6.07) is 11.7. The minimum atomic E-state index is -1.02. The first kappa shape index (κ1) is 23.0. The normalized spacial score (nSPS) is 14.3. The van der Waals surface area contributed by atoms with Crippen molar-refractivity contribution < 1.29 is 14.6 Å². The minimum Gasteiger partial charge on any atom is -0.356 e. The summed E-state index contributed by atoms with van der Waals surface area (Å²) < 4.78 is 5.63. The first-order valence-electron chi connectivity index (χ1n) is 10.8. The van der Waals surface area contributed by atoms with E-state index in [0.717, 1.165) is 21.7 Å². The molecule has 1 aliphatic rings.